The second kappa shape index (κ2) is 12.8. The maximum atomic E-state index is 9.31. The second-order valence-corrected chi connectivity index (χ2v) is 3.29. The average molecular weight is 312 g/mol. The molecule has 0 aliphatic carbocycles. The van der Waals surface area contributed by atoms with E-state index in [4.69, 9.17) is 46.4 Å². The molecule has 0 spiro atoms. The third kappa shape index (κ3) is 31.3. The second-order valence-electron chi connectivity index (χ2n) is 1.26. The Morgan fingerprint density at radius 2 is 1.13 bits per heavy atom. The summed E-state index contributed by atoms with van der Waals surface area (Å²) in [5.74, 6) is 0. The Bertz CT molecular complexity index is 173. The van der Waals surface area contributed by atoms with E-state index in [-0.39, 0.29) is 31.0 Å². The molecule has 0 atom stereocenters. The Hall–Kier alpha value is 0.700. The maximum Gasteiger partial charge on any atom is 1.00 e. The molecule has 0 aromatic carbocycles. The van der Waals surface area contributed by atoms with Crippen molar-refractivity contribution in [2.75, 3.05) is 0 Å². The first-order valence-electron chi connectivity index (χ1n) is 2.57. The van der Waals surface area contributed by atoms with Crippen molar-refractivity contribution in [3.63, 3.8) is 0 Å². The molecular formula is C4H3Cl4NaO6. The first-order chi connectivity index (χ1) is 6.25. The van der Waals surface area contributed by atoms with Crippen LogP contribution in [0.5, 0.6) is 0 Å². The summed E-state index contributed by atoms with van der Waals surface area (Å²) in [7, 11) is 0. The maximum absolute atomic E-state index is 9.31. The summed E-state index contributed by atoms with van der Waals surface area (Å²) < 4.78 is 7.17. The molecule has 0 radical (unpaired) electrons. The zero-order valence-corrected chi connectivity index (χ0v) is 12.1. The molecule has 0 saturated heterocycles. The van der Waals surface area contributed by atoms with Crippen molar-refractivity contribution in [1.29, 1.82) is 0 Å². The fourth-order valence-electron chi connectivity index (χ4n) is 0.145. The summed E-state index contributed by atoms with van der Waals surface area (Å²) in [5, 5.41) is 15.9. The largest absolute Gasteiger partial charge is 1.00 e. The topological polar surface area (TPSA) is 98.7 Å². The number of hydrogen-bond donors (Lipinski definition) is 0. The van der Waals surface area contributed by atoms with E-state index < -0.39 is 22.4 Å². The van der Waals surface area contributed by atoms with Crippen LogP contribution in [-0.4, -0.2) is 22.4 Å². The summed E-state index contributed by atoms with van der Waals surface area (Å²) in [6.45, 7) is 0. The molecule has 0 amide bonds. The van der Waals surface area contributed by atoms with Gasteiger partial charge in [0.25, 0.3) is 12.3 Å². The number of carbonyl (C=O) groups is 2. The van der Waals surface area contributed by atoms with Gasteiger partial charge in [0.15, 0.2) is 10.0 Å². The van der Waals surface area contributed by atoms with Crippen LogP contribution >= 0.6 is 46.4 Å². The van der Waals surface area contributed by atoms with Crippen LogP contribution in [0.25, 0.3) is 0 Å². The molecule has 84 valence electrons. The molecule has 0 aliphatic heterocycles. The minimum absolute atomic E-state index is 0. The van der Waals surface area contributed by atoms with Crippen LogP contribution in [0.1, 0.15) is 1.43 Å². The Balaban J connectivity index is -0.0000000800. The first kappa shape index (κ1) is 21.0. The van der Waals surface area contributed by atoms with Crippen molar-refractivity contribution in [3.8, 4) is 0 Å². The molecule has 0 bridgehead atoms. The van der Waals surface area contributed by atoms with Crippen molar-refractivity contribution in [3.05, 3.63) is 0 Å². The number of hydrogen-bond acceptors (Lipinski definition) is 6. The fourth-order valence-corrected chi connectivity index (χ4v) is 0.436. The van der Waals surface area contributed by atoms with Gasteiger partial charge in [-0.3, -0.25) is 0 Å². The first-order valence-corrected chi connectivity index (χ1v) is 4.31. The van der Waals surface area contributed by atoms with Gasteiger partial charge in [-0.05, 0) is 0 Å². The van der Waals surface area contributed by atoms with Crippen LogP contribution in [0.2, 0.25) is 0 Å². The molecule has 0 rings (SSSR count). The number of carbonyl (C=O) groups excluding carboxylic acids is 2. The number of ether oxygens (including phenoxy) is 2. The van der Waals surface area contributed by atoms with Crippen LogP contribution in [0, 0.1) is 0 Å². The predicted octanol–water partition coefficient (Wildman–Crippen LogP) is -2.67. The molecule has 15 heavy (non-hydrogen) atoms. The van der Waals surface area contributed by atoms with E-state index in [1.807, 2.05) is 0 Å². The van der Waals surface area contributed by atoms with Gasteiger partial charge in [0.1, 0.15) is 0 Å². The van der Waals surface area contributed by atoms with Gasteiger partial charge in [0, 0.05) is 0 Å². The quantitative estimate of drug-likeness (QED) is 0.313. The van der Waals surface area contributed by atoms with Gasteiger partial charge < -0.3 is 29.3 Å². The Kier molecular flexibility index (Phi) is 17.9. The van der Waals surface area contributed by atoms with Crippen molar-refractivity contribution in [2.45, 2.75) is 10.0 Å². The molecule has 0 heterocycles. The number of halogens is 4. The number of alkyl halides is 4. The van der Waals surface area contributed by atoms with E-state index in [9.17, 15) is 19.8 Å². The van der Waals surface area contributed by atoms with Gasteiger partial charge in [0.05, 0.1) is 0 Å². The van der Waals surface area contributed by atoms with Crippen LogP contribution in [0.4, 0.5) is 9.59 Å². The molecule has 0 aliphatic rings. The molecular weight excluding hydrogens is 309 g/mol. The van der Waals surface area contributed by atoms with Crippen LogP contribution in [0.15, 0.2) is 0 Å². The van der Waals surface area contributed by atoms with Crippen molar-refractivity contribution in [1.82, 2.24) is 0 Å². The van der Waals surface area contributed by atoms with Crippen molar-refractivity contribution in [2.24, 2.45) is 0 Å². The van der Waals surface area contributed by atoms with E-state index in [1.54, 1.807) is 0 Å². The normalized spacial score (nSPS) is 8.40. The molecule has 0 aromatic rings. The van der Waals surface area contributed by atoms with Gasteiger partial charge in [-0.2, -0.15) is 0 Å². The van der Waals surface area contributed by atoms with Crippen LogP contribution in [-0.2, 0) is 9.47 Å². The van der Waals surface area contributed by atoms with Crippen molar-refractivity contribution >= 4 is 58.7 Å². The summed E-state index contributed by atoms with van der Waals surface area (Å²) in [6, 6.07) is 0. The van der Waals surface area contributed by atoms with Gasteiger partial charge in [-0.1, -0.05) is 46.4 Å². The Morgan fingerprint density at radius 3 is 1.13 bits per heavy atom. The molecule has 0 unspecified atom stereocenters. The zero-order chi connectivity index (χ0) is 11.7. The summed E-state index contributed by atoms with van der Waals surface area (Å²) in [5.41, 5.74) is 0. The molecule has 0 N–H and O–H groups in total. The fraction of sp³-hybridized carbons (Fsp3) is 0.500. The smallest absolute Gasteiger partial charge is 0.517 e. The third-order valence-corrected chi connectivity index (χ3v) is 0.727. The van der Waals surface area contributed by atoms with Gasteiger partial charge in [-0.15, -0.1) is 0 Å². The van der Waals surface area contributed by atoms with Crippen LogP contribution in [0.3, 0.4) is 0 Å². The minimum Gasteiger partial charge on any atom is -0.517 e. The molecule has 0 saturated carbocycles. The van der Waals surface area contributed by atoms with Gasteiger partial charge in [0.2, 0.25) is 0 Å². The van der Waals surface area contributed by atoms with E-state index in [2.05, 4.69) is 9.47 Å². The predicted molar refractivity (Wildman–Crippen MR) is 45.1 cm³/mol. The van der Waals surface area contributed by atoms with E-state index in [0.29, 0.717) is 0 Å². The monoisotopic (exact) mass is 310 g/mol. The average Bonchev–Trinajstić information content (AvgIpc) is 1.79. The summed E-state index contributed by atoms with van der Waals surface area (Å²) >= 11 is 19.2. The summed E-state index contributed by atoms with van der Waals surface area (Å²) in [6.07, 6.45) is -3.45. The van der Waals surface area contributed by atoms with Gasteiger partial charge in [-0.25, -0.2) is 0 Å². The molecule has 0 aromatic heterocycles. The molecule has 6 nitrogen and oxygen atoms in total. The number of carboxylic acid groups (broad SMARTS) is 2. The third-order valence-electron chi connectivity index (χ3n) is 0.371. The van der Waals surface area contributed by atoms with E-state index in [0.717, 1.165) is 0 Å². The van der Waals surface area contributed by atoms with Gasteiger partial charge >= 0.3 is 31.0 Å². The number of rotatable bonds is 2. The Morgan fingerprint density at radius 1 is 0.933 bits per heavy atom. The van der Waals surface area contributed by atoms with E-state index >= 15 is 0 Å². The molecule has 11 heteroatoms. The summed E-state index contributed by atoms with van der Waals surface area (Å²) in [4.78, 5) is 18.6. The molecule has 0 fully saturated rings. The van der Waals surface area contributed by atoms with E-state index in [1.165, 1.54) is 0 Å². The standard InChI is InChI=1S/2C2H2Cl2O3.Na/c2*3-1(4)7-2(5)6;/h2*1H,(H,5,6);/q;;+1/p-1. The Labute approximate surface area is 128 Å². The SMILES string of the molecule is O=C([O-])OC(Cl)Cl.O=C([O-])OC(Cl)Cl.[H+].[Na+]. The van der Waals surface area contributed by atoms with Crippen molar-refractivity contribution < 1.29 is 60.3 Å². The zero-order valence-electron chi connectivity index (χ0n) is 8.12. The minimum atomic E-state index is -1.73. The van der Waals surface area contributed by atoms with Crippen LogP contribution < -0.4 is 39.8 Å².